The van der Waals surface area contributed by atoms with E-state index >= 15 is 0 Å². The highest BCUT2D eigenvalue weighted by atomic mass is 32.1. The second kappa shape index (κ2) is 4.99. The Bertz CT molecular complexity index is 754. The van der Waals surface area contributed by atoms with Gasteiger partial charge in [-0.05, 0) is 6.08 Å². The van der Waals surface area contributed by atoms with E-state index in [0.29, 0.717) is 5.03 Å². The molecule has 0 aliphatic carbocycles. The summed E-state index contributed by atoms with van der Waals surface area (Å²) < 4.78 is 0. The Kier molecular flexibility index (Phi) is 3.18. The van der Waals surface area contributed by atoms with Gasteiger partial charge in [0.25, 0.3) is 0 Å². The SMILES string of the molecule is O=c1[nH]c(S)c(/C=C2\C=NN=C2c2ccccc2)s1. The first-order valence-electron chi connectivity index (χ1n) is 5.54. The molecular weight excluding hydrogens is 278 g/mol. The van der Waals surface area contributed by atoms with Gasteiger partial charge in [0.15, 0.2) is 0 Å². The van der Waals surface area contributed by atoms with Crippen LogP contribution in [0.5, 0.6) is 0 Å². The summed E-state index contributed by atoms with van der Waals surface area (Å²) in [6.07, 6.45) is 3.55. The summed E-state index contributed by atoms with van der Waals surface area (Å²) in [4.78, 5) is 14.5. The van der Waals surface area contributed by atoms with E-state index in [1.807, 2.05) is 36.4 Å². The van der Waals surface area contributed by atoms with Crippen molar-refractivity contribution in [3.05, 3.63) is 56.0 Å². The van der Waals surface area contributed by atoms with E-state index in [2.05, 4.69) is 27.8 Å². The third kappa shape index (κ3) is 2.45. The minimum absolute atomic E-state index is 0.120. The number of aromatic nitrogens is 1. The topological polar surface area (TPSA) is 57.6 Å². The molecule has 4 nitrogen and oxygen atoms in total. The maximum absolute atomic E-state index is 11.3. The van der Waals surface area contributed by atoms with Gasteiger partial charge in [-0.1, -0.05) is 41.7 Å². The highest BCUT2D eigenvalue weighted by Crippen LogP contribution is 2.21. The minimum atomic E-state index is -0.120. The molecule has 0 fully saturated rings. The first-order chi connectivity index (χ1) is 9.24. The van der Waals surface area contributed by atoms with Gasteiger partial charge < -0.3 is 4.98 Å². The minimum Gasteiger partial charge on any atom is -0.307 e. The van der Waals surface area contributed by atoms with Crippen LogP contribution in [-0.2, 0) is 0 Å². The Morgan fingerprint density at radius 3 is 2.74 bits per heavy atom. The van der Waals surface area contributed by atoms with Gasteiger partial charge in [-0.25, -0.2) is 0 Å². The van der Waals surface area contributed by atoms with Crippen molar-refractivity contribution < 1.29 is 0 Å². The van der Waals surface area contributed by atoms with Gasteiger partial charge in [-0.2, -0.15) is 5.10 Å². The molecule has 1 aliphatic heterocycles. The number of nitrogens with one attached hydrogen (secondary N) is 1. The number of benzene rings is 1. The first kappa shape index (κ1) is 12.1. The predicted octanol–water partition coefficient (Wildman–Crippen LogP) is 2.60. The van der Waals surface area contributed by atoms with E-state index in [-0.39, 0.29) is 4.87 Å². The van der Waals surface area contributed by atoms with E-state index in [1.165, 1.54) is 0 Å². The van der Waals surface area contributed by atoms with Gasteiger partial charge in [0.1, 0.15) is 5.71 Å². The Labute approximate surface area is 118 Å². The van der Waals surface area contributed by atoms with Gasteiger partial charge in [0.2, 0.25) is 0 Å². The second-order valence-electron chi connectivity index (χ2n) is 3.89. The van der Waals surface area contributed by atoms with Crippen LogP contribution in [0.4, 0.5) is 0 Å². The number of rotatable bonds is 2. The van der Waals surface area contributed by atoms with Crippen LogP contribution in [0.2, 0.25) is 0 Å². The molecular formula is C13H9N3OS2. The van der Waals surface area contributed by atoms with Crippen molar-refractivity contribution in [3.8, 4) is 0 Å². The summed E-state index contributed by atoms with van der Waals surface area (Å²) in [5.41, 5.74) is 2.67. The number of nitrogens with zero attached hydrogens (tertiary/aromatic N) is 2. The number of thiazole rings is 1. The van der Waals surface area contributed by atoms with Crippen molar-refractivity contribution in [2.75, 3.05) is 0 Å². The third-order valence-corrected chi connectivity index (χ3v) is 3.95. The van der Waals surface area contributed by atoms with Crippen molar-refractivity contribution in [2.45, 2.75) is 5.03 Å². The fraction of sp³-hybridized carbons (Fsp3) is 0. The second-order valence-corrected chi connectivity index (χ2v) is 5.35. The van der Waals surface area contributed by atoms with E-state index < -0.39 is 0 Å². The Hall–Kier alpha value is -1.92. The maximum atomic E-state index is 11.3. The van der Waals surface area contributed by atoms with Crippen LogP contribution in [-0.4, -0.2) is 16.9 Å². The molecule has 0 amide bonds. The molecule has 94 valence electrons. The monoisotopic (exact) mass is 287 g/mol. The number of allylic oxidation sites excluding steroid dienone is 1. The van der Waals surface area contributed by atoms with Crippen molar-refractivity contribution in [1.82, 2.24) is 4.98 Å². The molecule has 2 heterocycles. The van der Waals surface area contributed by atoms with Gasteiger partial charge >= 0.3 is 4.87 Å². The molecule has 19 heavy (non-hydrogen) atoms. The molecule has 1 aliphatic rings. The van der Waals surface area contributed by atoms with Gasteiger partial charge in [-0.15, -0.1) is 17.7 Å². The standard InChI is InChI=1S/C13H9N3OS2/c17-13-15-12(18)10(19-13)6-9-7-14-16-11(9)8-4-2-1-3-5-8/h1-7,18H,(H,15,17)/b9-6+. The van der Waals surface area contributed by atoms with Crippen LogP contribution in [0.15, 0.2) is 55.9 Å². The Morgan fingerprint density at radius 1 is 1.26 bits per heavy atom. The molecule has 1 N–H and O–H groups in total. The van der Waals surface area contributed by atoms with Crippen molar-refractivity contribution in [2.24, 2.45) is 10.2 Å². The normalized spacial score (nSPS) is 16.1. The van der Waals surface area contributed by atoms with Crippen molar-refractivity contribution in [3.63, 3.8) is 0 Å². The zero-order valence-corrected chi connectivity index (χ0v) is 11.4. The molecule has 3 rings (SSSR count). The van der Waals surface area contributed by atoms with Crippen LogP contribution >= 0.6 is 24.0 Å². The molecule has 0 bridgehead atoms. The average molecular weight is 287 g/mol. The quantitative estimate of drug-likeness (QED) is 0.820. The molecule has 1 aromatic heterocycles. The largest absolute Gasteiger partial charge is 0.307 e. The third-order valence-electron chi connectivity index (χ3n) is 2.62. The molecule has 0 atom stereocenters. The number of H-pyrrole nitrogens is 1. The summed E-state index contributed by atoms with van der Waals surface area (Å²) in [5.74, 6) is 0. The smallest absolute Gasteiger partial charge is 0.305 e. The summed E-state index contributed by atoms with van der Waals surface area (Å²) in [6, 6.07) is 9.80. The zero-order chi connectivity index (χ0) is 13.2. The molecule has 1 aromatic carbocycles. The van der Waals surface area contributed by atoms with Gasteiger partial charge in [0, 0.05) is 11.1 Å². The van der Waals surface area contributed by atoms with E-state index in [1.54, 1.807) is 6.21 Å². The van der Waals surface area contributed by atoms with Gasteiger partial charge in [0.05, 0.1) is 16.1 Å². The Morgan fingerprint density at radius 2 is 2.05 bits per heavy atom. The summed E-state index contributed by atoms with van der Waals surface area (Å²) in [7, 11) is 0. The van der Waals surface area contributed by atoms with Crippen molar-refractivity contribution in [1.29, 1.82) is 0 Å². The summed E-state index contributed by atoms with van der Waals surface area (Å²) in [5, 5.41) is 8.64. The average Bonchev–Trinajstić information content (AvgIpc) is 2.98. The van der Waals surface area contributed by atoms with Gasteiger partial charge in [-0.3, -0.25) is 4.79 Å². The fourth-order valence-electron chi connectivity index (χ4n) is 1.76. The highest BCUT2D eigenvalue weighted by molar-refractivity contribution is 7.80. The molecule has 0 unspecified atom stereocenters. The molecule has 0 saturated carbocycles. The van der Waals surface area contributed by atoms with Crippen LogP contribution in [0, 0.1) is 0 Å². The number of hydrogen-bond donors (Lipinski definition) is 2. The molecule has 0 saturated heterocycles. The first-order valence-corrected chi connectivity index (χ1v) is 6.81. The van der Waals surface area contributed by atoms with E-state index in [4.69, 9.17) is 0 Å². The molecule has 0 radical (unpaired) electrons. The van der Waals surface area contributed by atoms with Crippen LogP contribution in [0.1, 0.15) is 10.4 Å². The zero-order valence-electron chi connectivity index (χ0n) is 9.70. The number of hydrogen-bond acceptors (Lipinski definition) is 5. The lowest BCUT2D eigenvalue weighted by Gasteiger charge is -2.01. The van der Waals surface area contributed by atoms with Crippen LogP contribution < -0.4 is 4.87 Å². The Balaban J connectivity index is 2.02. The highest BCUT2D eigenvalue weighted by Gasteiger charge is 2.14. The molecule has 2 aromatic rings. The lowest BCUT2D eigenvalue weighted by molar-refractivity contribution is 1.16. The van der Waals surface area contributed by atoms with Crippen molar-refractivity contribution >= 4 is 42.0 Å². The van der Waals surface area contributed by atoms with Crippen LogP contribution in [0.3, 0.4) is 0 Å². The molecule has 0 spiro atoms. The summed E-state index contributed by atoms with van der Waals surface area (Å²) in [6.45, 7) is 0. The fourth-order valence-corrected chi connectivity index (χ4v) is 2.83. The van der Waals surface area contributed by atoms with E-state index in [0.717, 1.165) is 33.1 Å². The lowest BCUT2D eigenvalue weighted by Crippen LogP contribution is -2.01. The lowest BCUT2D eigenvalue weighted by atomic mass is 10.0. The summed E-state index contributed by atoms with van der Waals surface area (Å²) >= 11 is 5.35. The van der Waals surface area contributed by atoms with Crippen LogP contribution in [0.25, 0.3) is 6.08 Å². The van der Waals surface area contributed by atoms with E-state index in [9.17, 15) is 4.79 Å². The number of thiol groups is 1. The molecule has 6 heteroatoms. The predicted molar refractivity (Wildman–Crippen MR) is 81.6 cm³/mol. The maximum Gasteiger partial charge on any atom is 0.305 e. The number of aromatic amines is 1.